The molecular weight excluding hydrogens is 934 g/mol. The third-order valence-corrected chi connectivity index (χ3v) is 10.2. The number of pyridine rings is 1. The second kappa shape index (κ2) is 35.9. The van der Waals surface area contributed by atoms with Crippen LogP contribution in [0.1, 0.15) is 23.5 Å². The van der Waals surface area contributed by atoms with E-state index >= 15 is 0 Å². The average Bonchev–Trinajstić information content (AvgIpc) is 3.73. The lowest BCUT2D eigenvalue weighted by Crippen LogP contribution is -2.31. The molecule has 2 aromatic carbocycles. The first-order valence-corrected chi connectivity index (χ1v) is 23.4. The maximum atomic E-state index is 13.6. The summed E-state index contributed by atoms with van der Waals surface area (Å²) in [6, 6.07) is 10.8. The number of esters is 1. The van der Waals surface area contributed by atoms with Crippen molar-refractivity contribution in [3.05, 3.63) is 70.0 Å². The highest BCUT2D eigenvalue weighted by Crippen LogP contribution is 2.37. The minimum Gasteiger partial charge on any atom is -0.462 e. The Morgan fingerprint density at radius 1 is 0.571 bits per heavy atom. The van der Waals surface area contributed by atoms with Gasteiger partial charge in [0, 0.05) is 23.8 Å². The standard InChI is InChI=1S/C48H69F3N2O17/c1-57-8-9-58-10-11-59-12-13-60-14-15-61-16-17-62-18-19-63-20-21-64-22-23-65-24-25-66-26-27-67-28-29-68-30-31-69-36-45(54)70-35-39-34-42(46(55)52-39)37-6-7-38-33-44(53-47(56)41(38)32-37)40-4-2-3-5-43(40)48(49,50)51/h2-7,32-33,39,42H,8-31,34-36H2,1H3,(H,52,55)(H,53,56)/t39?,42-/m0/s1. The van der Waals surface area contributed by atoms with E-state index in [1.165, 1.54) is 24.3 Å². The molecule has 3 aromatic rings. The van der Waals surface area contributed by atoms with E-state index in [1.807, 2.05) is 0 Å². The Bertz CT molecular complexity index is 1940. The first-order chi connectivity index (χ1) is 34.2. The highest BCUT2D eigenvalue weighted by Gasteiger charge is 2.35. The zero-order valence-corrected chi connectivity index (χ0v) is 39.9. The van der Waals surface area contributed by atoms with Crippen LogP contribution in [0.3, 0.4) is 0 Å². The number of nitrogens with one attached hydrogen (secondary N) is 2. The molecule has 19 nitrogen and oxygen atoms in total. The molecule has 1 aromatic heterocycles. The van der Waals surface area contributed by atoms with Gasteiger partial charge in [0.25, 0.3) is 5.56 Å². The van der Waals surface area contributed by atoms with Crippen LogP contribution in [0.2, 0.25) is 0 Å². The van der Waals surface area contributed by atoms with Crippen molar-refractivity contribution in [2.24, 2.45) is 0 Å². The fraction of sp³-hybridized carbons (Fsp3) is 0.646. The maximum Gasteiger partial charge on any atom is 0.417 e. The van der Waals surface area contributed by atoms with Crippen molar-refractivity contribution in [2.75, 3.05) is 179 Å². The van der Waals surface area contributed by atoms with Crippen LogP contribution in [0.15, 0.2) is 53.3 Å². The first-order valence-electron chi connectivity index (χ1n) is 23.4. The summed E-state index contributed by atoms with van der Waals surface area (Å²) in [5, 5.41) is 3.46. The molecule has 1 amide bonds. The first kappa shape index (κ1) is 58.4. The van der Waals surface area contributed by atoms with Crippen LogP contribution in [-0.2, 0) is 82.1 Å². The highest BCUT2D eigenvalue weighted by atomic mass is 19.4. The van der Waals surface area contributed by atoms with Crippen LogP contribution in [-0.4, -0.2) is 202 Å². The number of hydrogen-bond donors (Lipinski definition) is 2. The number of fused-ring (bicyclic) bond motifs is 1. The molecule has 1 unspecified atom stereocenters. The molecule has 22 heteroatoms. The molecule has 1 fully saturated rings. The molecule has 2 heterocycles. The normalized spacial score (nSPS) is 15.0. The Kier molecular flexibility index (Phi) is 29.9. The number of aromatic nitrogens is 1. The molecule has 1 aliphatic rings. The van der Waals surface area contributed by atoms with Gasteiger partial charge in [-0.25, -0.2) is 4.79 Å². The number of alkyl halides is 3. The summed E-state index contributed by atoms with van der Waals surface area (Å²) in [4.78, 5) is 40.7. The molecule has 0 saturated carbocycles. The quantitative estimate of drug-likeness (QED) is 0.0614. The van der Waals surface area contributed by atoms with Gasteiger partial charge < -0.3 is 76.6 Å². The number of carbonyl (C=O) groups excluding carboxylic acids is 2. The Morgan fingerprint density at radius 2 is 1.00 bits per heavy atom. The zero-order valence-electron chi connectivity index (χ0n) is 39.9. The van der Waals surface area contributed by atoms with E-state index in [2.05, 4.69) is 10.3 Å². The summed E-state index contributed by atoms with van der Waals surface area (Å²) in [6.45, 7) is 10.3. The summed E-state index contributed by atoms with van der Waals surface area (Å²) in [7, 11) is 1.63. The largest absolute Gasteiger partial charge is 0.462 e. The van der Waals surface area contributed by atoms with Crippen LogP contribution in [0.4, 0.5) is 13.2 Å². The van der Waals surface area contributed by atoms with Gasteiger partial charge in [0.2, 0.25) is 5.91 Å². The Hall–Kier alpha value is -4.14. The van der Waals surface area contributed by atoms with E-state index in [9.17, 15) is 27.6 Å². The number of amides is 1. The van der Waals surface area contributed by atoms with E-state index in [0.29, 0.717) is 163 Å². The number of methoxy groups -OCH3 is 1. The number of carbonyl (C=O) groups is 2. The lowest BCUT2D eigenvalue weighted by Gasteiger charge is -2.14. The van der Waals surface area contributed by atoms with E-state index < -0.39 is 35.2 Å². The molecule has 394 valence electrons. The molecule has 1 aliphatic heterocycles. The molecular formula is C48H69F3N2O17. The number of benzene rings is 2. The highest BCUT2D eigenvalue weighted by molar-refractivity contribution is 5.90. The summed E-state index contributed by atoms with van der Waals surface area (Å²) in [5.74, 6) is -1.52. The third kappa shape index (κ3) is 24.3. The van der Waals surface area contributed by atoms with Crippen molar-refractivity contribution in [1.82, 2.24) is 10.3 Å². The third-order valence-electron chi connectivity index (χ3n) is 10.2. The summed E-state index contributed by atoms with van der Waals surface area (Å²) in [5.41, 5.74) is -1.01. The number of H-pyrrole nitrogens is 1. The van der Waals surface area contributed by atoms with Gasteiger partial charge in [-0.2, -0.15) is 13.2 Å². The minimum atomic E-state index is -4.60. The molecule has 0 radical (unpaired) electrons. The van der Waals surface area contributed by atoms with E-state index in [0.717, 1.165) is 6.07 Å². The Morgan fingerprint density at radius 3 is 1.44 bits per heavy atom. The van der Waals surface area contributed by atoms with Gasteiger partial charge in [-0.05, 0) is 35.6 Å². The van der Waals surface area contributed by atoms with Crippen LogP contribution in [0.5, 0.6) is 0 Å². The average molecular weight is 1000 g/mol. The van der Waals surface area contributed by atoms with Crippen molar-refractivity contribution in [3.8, 4) is 11.3 Å². The van der Waals surface area contributed by atoms with Gasteiger partial charge in [-0.1, -0.05) is 30.3 Å². The SMILES string of the molecule is COCCOCCOCCOCCOCCOCCOCCOCCOCCOCCOCCOCCOCC(=O)OCC1C[C@@H](c2ccc3cc(-c4ccccc4C(F)(F)F)[nH]c(=O)c3c2)C(=O)N1. The molecule has 1 saturated heterocycles. The summed E-state index contributed by atoms with van der Waals surface area (Å²) < 4.78 is 116. The summed E-state index contributed by atoms with van der Waals surface area (Å²) >= 11 is 0. The molecule has 0 bridgehead atoms. The number of ether oxygens (including phenoxy) is 14. The van der Waals surface area contributed by atoms with Crippen molar-refractivity contribution in [3.63, 3.8) is 0 Å². The number of hydrogen-bond acceptors (Lipinski definition) is 17. The van der Waals surface area contributed by atoms with Crippen molar-refractivity contribution in [2.45, 2.75) is 24.6 Å². The van der Waals surface area contributed by atoms with Crippen LogP contribution >= 0.6 is 0 Å². The van der Waals surface area contributed by atoms with E-state index in [4.69, 9.17) is 66.3 Å². The molecule has 2 atom stereocenters. The predicted molar refractivity (Wildman–Crippen MR) is 247 cm³/mol. The molecule has 2 N–H and O–H groups in total. The van der Waals surface area contributed by atoms with E-state index in [1.54, 1.807) is 25.3 Å². The van der Waals surface area contributed by atoms with Gasteiger partial charge in [-0.15, -0.1) is 0 Å². The second-order valence-electron chi connectivity index (χ2n) is 15.4. The van der Waals surface area contributed by atoms with Gasteiger partial charge >= 0.3 is 12.1 Å². The van der Waals surface area contributed by atoms with Crippen molar-refractivity contribution < 1.29 is 89.1 Å². The number of aromatic amines is 1. The number of halogens is 3. The van der Waals surface area contributed by atoms with Gasteiger partial charge in [0.1, 0.15) is 13.2 Å². The topological polar surface area (TPSA) is 208 Å². The monoisotopic (exact) mass is 1000 g/mol. The van der Waals surface area contributed by atoms with Crippen LogP contribution in [0, 0.1) is 0 Å². The molecule has 4 rings (SSSR count). The number of rotatable bonds is 42. The lowest BCUT2D eigenvalue weighted by atomic mass is 9.93. The van der Waals surface area contributed by atoms with Gasteiger partial charge in [-0.3, -0.25) is 9.59 Å². The van der Waals surface area contributed by atoms with Gasteiger partial charge in [0.05, 0.1) is 176 Å². The molecule has 0 spiro atoms. The Balaban J connectivity index is 0.863. The maximum absolute atomic E-state index is 13.6. The van der Waals surface area contributed by atoms with Crippen molar-refractivity contribution in [1.29, 1.82) is 0 Å². The molecule has 0 aliphatic carbocycles. The summed E-state index contributed by atoms with van der Waals surface area (Å²) in [6.07, 6.45) is -4.30. The molecule has 70 heavy (non-hydrogen) atoms. The van der Waals surface area contributed by atoms with Crippen LogP contribution in [0.25, 0.3) is 22.0 Å². The fourth-order valence-corrected chi connectivity index (χ4v) is 6.71. The Labute approximate surface area is 406 Å². The van der Waals surface area contributed by atoms with Gasteiger partial charge in [0.15, 0.2) is 0 Å². The fourth-order valence-electron chi connectivity index (χ4n) is 6.71. The minimum absolute atomic E-state index is 0.0303. The smallest absolute Gasteiger partial charge is 0.417 e. The van der Waals surface area contributed by atoms with E-state index in [-0.39, 0.29) is 49.0 Å². The van der Waals surface area contributed by atoms with Crippen molar-refractivity contribution >= 4 is 22.6 Å². The zero-order chi connectivity index (χ0) is 49.9. The predicted octanol–water partition coefficient (Wildman–Crippen LogP) is 3.57. The van der Waals surface area contributed by atoms with Crippen LogP contribution < -0.4 is 10.9 Å². The lowest BCUT2D eigenvalue weighted by molar-refractivity contribution is -0.150. The second-order valence-corrected chi connectivity index (χ2v) is 15.4.